The average molecular weight is 496 g/mol. The number of amides is 3. The van der Waals surface area contributed by atoms with Crippen LogP contribution in [0, 0.1) is 0 Å². The molecule has 2 heterocycles. The molecular weight excluding hydrogens is 464 g/mol. The zero-order valence-corrected chi connectivity index (χ0v) is 20.3. The minimum atomic E-state index is -2.83. The molecule has 3 fully saturated rings. The maximum atomic E-state index is 13.6. The predicted octanol–water partition coefficient (Wildman–Crippen LogP) is 5.02. The summed E-state index contributed by atoms with van der Waals surface area (Å²) in [5, 5.41) is 2.58. The number of alkyl halides is 2. The minimum absolute atomic E-state index is 0.124. The quantitative estimate of drug-likeness (QED) is 0.451. The molecule has 3 amide bonds. The highest BCUT2D eigenvalue weighted by molar-refractivity contribution is 6.11. The molecule has 6 nitrogen and oxygen atoms in total. The maximum Gasteiger partial charge on any atom is 0.325 e. The maximum absolute atomic E-state index is 13.6. The van der Waals surface area contributed by atoms with Crippen molar-refractivity contribution in [2.24, 2.45) is 0 Å². The Kier molecular flexibility index (Phi) is 6.64. The van der Waals surface area contributed by atoms with Crippen LogP contribution in [0.2, 0.25) is 0 Å². The van der Waals surface area contributed by atoms with E-state index in [1.54, 1.807) is 12.1 Å². The Morgan fingerprint density at radius 2 is 1.56 bits per heavy atom. The summed E-state index contributed by atoms with van der Waals surface area (Å²) in [5.41, 5.74) is 2.43. The Bertz CT molecular complexity index is 1150. The molecule has 1 saturated carbocycles. The molecule has 3 aliphatic rings. The summed E-state index contributed by atoms with van der Waals surface area (Å²) >= 11 is 0. The summed E-state index contributed by atoms with van der Waals surface area (Å²) in [6, 6.07) is 14.8. The van der Waals surface area contributed by atoms with Crippen molar-refractivity contribution in [1.82, 2.24) is 15.1 Å². The molecule has 0 unspecified atom stereocenters. The summed E-state index contributed by atoms with van der Waals surface area (Å²) in [5.74, 6) is -3.78. The average Bonchev–Trinajstić information content (AvgIpc) is 3.11. The van der Waals surface area contributed by atoms with Crippen molar-refractivity contribution < 1.29 is 23.2 Å². The smallest absolute Gasteiger partial charge is 0.323 e. The van der Waals surface area contributed by atoms with Crippen LogP contribution in [0.5, 0.6) is 0 Å². The summed E-state index contributed by atoms with van der Waals surface area (Å²) in [7, 11) is 0. The molecule has 0 bridgehead atoms. The van der Waals surface area contributed by atoms with Crippen LogP contribution in [0.15, 0.2) is 48.5 Å². The number of likely N-dealkylation sites (tertiary alicyclic amines) is 1. The lowest BCUT2D eigenvalue weighted by molar-refractivity contribution is -0.135. The number of nitrogens with zero attached hydrogens (tertiary/aromatic N) is 2. The molecule has 2 saturated heterocycles. The number of urea groups is 1. The molecule has 2 aromatic carbocycles. The topological polar surface area (TPSA) is 69.7 Å². The van der Waals surface area contributed by atoms with Crippen LogP contribution in [0.25, 0.3) is 11.1 Å². The van der Waals surface area contributed by atoms with E-state index in [4.69, 9.17) is 0 Å². The van der Waals surface area contributed by atoms with Crippen LogP contribution < -0.4 is 5.32 Å². The van der Waals surface area contributed by atoms with Crippen LogP contribution in [0.4, 0.5) is 13.6 Å². The number of Topliss-reactive ketones (excluding diaryl/α,β-unsaturated/α-hetero) is 1. The first-order valence-corrected chi connectivity index (χ1v) is 12.7. The van der Waals surface area contributed by atoms with E-state index in [0.717, 1.165) is 35.7 Å². The number of hydrogen-bond donors (Lipinski definition) is 1. The second-order valence-electron chi connectivity index (χ2n) is 10.3. The van der Waals surface area contributed by atoms with E-state index in [2.05, 4.69) is 22.3 Å². The SMILES string of the molecule is O=C(CN1C(=O)NC2(CCC(F)(F)CC2)C1=O)c1ccc(-c2ccccc2CN2CCCCC2)cc1. The van der Waals surface area contributed by atoms with Crippen molar-refractivity contribution >= 4 is 17.7 Å². The number of halogens is 2. The largest absolute Gasteiger partial charge is 0.325 e. The lowest BCUT2D eigenvalue weighted by Crippen LogP contribution is -2.51. The van der Waals surface area contributed by atoms with Gasteiger partial charge in [0.2, 0.25) is 5.92 Å². The number of rotatable bonds is 6. The van der Waals surface area contributed by atoms with Crippen molar-refractivity contribution in [2.75, 3.05) is 19.6 Å². The molecule has 1 aliphatic carbocycles. The van der Waals surface area contributed by atoms with Gasteiger partial charge in [-0.1, -0.05) is 55.0 Å². The molecule has 2 aromatic rings. The van der Waals surface area contributed by atoms with Crippen molar-refractivity contribution in [1.29, 1.82) is 0 Å². The number of benzene rings is 2. The summed E-state index contributed by atoms with van der Waals surface area (Å²) in [4.78, 5) is 41.7. The van der Waals surface area contributed by atoms with Gasteiger partial charge in [0.05, 0.1) is 6.54 Å². The van der Waals surface area contributed by atoms with Crippen molar-refractivity contribution in [3.8, 4) is 11.1 Å². The zero-order valence-electron chi connectivity index (χ0n) is 20.3. The van der Waals surface area contributed by atoms with Crippen LogP contribution >= 0.6 is 0 Å². The zero-order chi connectivity index (χ0) is 25.3. The van der Waals surface area contributed by atoms with Gasteiger partial charge in [0.15, 0.2) is 5.78 Å². The van der Waals surface area contributed by atoms with Gasteiger partial charge in [-0.25, -0.2) is 13.6 Å². The summed E-state index contributed by atoms with van der Waals surface area (Å²) in [6.45, 7) is 2.69. The second-order valence-corrected chi connectivity index (χ2v) is 10.3. The van der Waals surface area contributed by atoms with Gasteiger partial charge in [-0.2, -0.15) is 0 Å². The third-order valence-corrected chi connectivity index (χ3v) is 7.76. The van der Waals surface area contributed by atoms with Gasteiger partial charge in [-0.05, 0) is 55.5 Å². The van der Waals surface area contributed by atoms with Gasteiger partial charge >= 0.3 is 6.03 Å². The van der Waals surface area contributed by atoms with Gasteiger partial charge in [0.25, 0.3) is 5.91 Å². The predicted molar refractivity (Wildman–Crippen MR) is 132 cm³/mol. The molecule has 5 rings (SSSR count). The Morgan fingerprint density at radius 1 is 0.889 bits per heavy atom. The molecule has 8 heteroatoms. The molecule has 190 valence electrons. The third kappa shape index (κ3) is 4.91. The van der Waals surface area contributed by atoms with Crippen LogP contribution in [-0.2, 0) is 11.3 Å². The highest BCUT2D eigenvalue weighted by atomic mass is 19.3. The molecule has 0 atom stereocenters. The van der Waals surface area contributed by atoms with E-state index in [0.29, 0.717) is 5.56 Å². The van der Waals surface area contributed by atoms with Gasteiger partial charge in [0, 0.05) is 24.9 Å². The summed E-state index contributed by atoms with van der Waals surface area (Å²) in [6.07, 6.45) is 2.58. The molecule has 0 radical (unpaired) electrons. The van der Waals surface area contributed by atoms with Crippen LogP contribution in [0.3, 0.4) is 0 Å². The minimum Gasteiger partial charge on any atom is -0.323 e. The molecule has 1 N–H and O–H groups in total. The van der Waals surface area contributed by atoms with Crippen molar-refractivity contribution in [3.05, 3.63) is 59.7 Å². The Balaban J connectivity index is 1.27. The number of carbonyl (C=O) groups excluding carboxylic acids is 3. The fourth-order valence-electron chi connectivity index (χ4n) is 5.57. The lowest BCUT2D eigenvalue weighted by atomic mass is 9.80. The van der Waals surface area contributed by atoms with Crippen molar-refractivity contribution in [2.45, 2.75) is 63.0 Å². The standard InChI is InChI=1S/C28H31F2N3O3/c29-28(30)14-12-27(13-15-28)25(35)33(26(36)31-27)19-24(34)21-10-8-20(9-11-21)23-7-3-2-6-22(23)18-32-16-4-1-5-17-32/h2-3,6-11H,1,4-5,12-19H2,(H,31,36). The Hall–Kier alpha value is -3.13. The van der Waals surface area contributed by atoms with E-state index in [9.17, 15) is 23.2 Å². The van der Waals surface area contributed by atoms with E-state index in [1.807, 2.05) is 24.3 Å². The Labute approximate surface area is 209 Å². The van der Waals surface area contributed by atoms with Crippen LogP contribution in [0.1, 0.15) is 60.9 Å². The number of piperidine rings is 1. The van der Waals surface area contributed by atoms with Gasteiger partial charge in [0.1, 0.15) is 5.54 Å². The van der Waals surface area contributed by atoms with Gasteiger partial charge in [-0.15, -0.1) is 0 Å². The first kappa shape index (κ1) is 24.6. The first-order valence-electron chi connectivity index (χ1n) is 12.7. The number of nitrogens with one attached hydrogen (secondary N) is 1. The molecule has 2 aliphatic heterocycles. The molecule has 36 heavy (non-hydrogen) atoms. The van der Waals surface area contributed by atoms with Crippen LogP contribution in [-0.4, -0.2) is 58.6 Å². The number of carbonyl (C=O) groups is 3. The fourth-order valence-corrected chi connectivity index (χ4v) is 5.57. The summed E-state index contributed by atoms with van der Waals surface area (Å²) < 4.78 is 27.2. The highest BCUT2D eigenvalue weighted by Crippen LogP contribution is 2.41. The second kappa shape index (κ2) is 9.73. The van der Waals surface area contributed by atoms with E-state index in [-0.39, 0.29) is 18.6 Å². The van der Waals surface area contributed by atoms with Gasteiger partial charge in [-0.3, -0.25) is 19.4 Å². The molecule has 1 spiro atoms. The first-order chi connectivity index (χ1) is 17.3. The number of imide groups is 1. The highest BCUT2D eigenvalue weighted by Gasteiger charge is 2.55. The lowest BCUT2D eigenvalue weighted by Gasteiger charge is -2.34. The monoisotopic (exact) mass is 495 g/mol. The Morgan fingerprint density at radius 3 is 2.25 bits per heavy atom. The fraction of sp³-hybridized carbons (Fsp3) is 0.464. The number of hydrogen-bond acceptors (Lipinski definition) is 4. The number of ketones is 1. The normalized spacial score (nSPS) is 21.6. The van der Waals surface area contributed by atoms with E-state index in [1.165, 1.54) is 24.8 Å². The molecular formula is C28H31F2N3O3. The van der Waals surface area contributed by atoms with E-state index < -0.39 is 42.8 Å². The van der Waals surface area contributed by atoms with Crippen molar-refractivity contribution in [3.63, 3.8) is 0 Å². The van der Waals surface area contributed by atoms with Gasteiger partial charge < -0.3 is 5.32 Å². The molecule has 0 aromatic heterocycles. The van der Waals surface area contributed by atoms with E-state index >= 15 is 0 Å². The third-order valence-electron chi connectivity index (χ3n) is 7.76.